The van der Waals surface area contributed by atoms with Crippen molar-refractivity contribution in [3.63, 3.8) is 0 Å². The van der Waals surface area contributed by atoms with E-state index in [0.717, 1.165) is 12.8 Å². The Kier molecular flexibility index (Phi) is 2.41. The minimum absolute atomic E-state index is 0.141. The summed E-state index contributed by atoms with van der Waals surface area (Å²) in [5.41, 5.74) is 6.78. The van der Waals surface area contributed by atoms with Gasteiger partial charge in [0.2, 0.25) is 5.95 Å². The van der Waals surface area contributed by atoms with Crippen LogP contribution in [0.25, 0.3) is 11.2 Å². The number of fused-ring (bicyclic) bond motifs is 1. The zero-order valence-electron chi connectivity index (χ0n) is 9.04. The van der Waals surface area contributed by atoms with Gasteiger partial charge in [0.15, 0.2) is 10.8 Å². The molecular formula is C10H12ClN5O. The molecule has 17 heavy (non-hydrogen) atoms. The van der Waals surface area contributed by atoms with Gasteiger partial charge in [0.1, 0.15) is 5.52 Å². The molecule has 0 bridgehead atoms. The summed E-state index contributed by atoms with van der Waals surface area (Å²) < 4.78 is 1.93. The van der Waals surface area contributed by atoms with Crippen LogP contribution in [0.1, 0.15) is 25.3 Å². The molecule has 0 amide bonds. The Morgan fingerprint density at radius 3 is 2.94 bits per heavy atom. The molecule has 0 spiro atoms. The number of nitrogen functional groups attached to an aromatic ring is 1. The second kappa shape index (κ2) is 3.82. The van der Waals surface area contributed by atoms with Crippen molar-refractivity contribution in [1.82, 2.24) is 19.5 Å². The molecule has 0 radical (unpaired) electrons. The minimum Gasteiger partial charge on any atom is -0.393 e. The molecule has 1 aliphatic rings. The Labute approximate surface area is 102 Å². The quantitative estimate of drug-likeness (QED) is 0.744. The van der Waals surface area contributed by atoms with Crippen molar-refractivity contribution in [2.24, 2.45) is 0 Å². The standard InChI is InChI=1S/C10H12ClN5O/c11-8-7-9(15-10(12)14-8)16(4-13-7)5-1-2-6(17)3-5/h4-6,17H,1-3H2,(H2,12,14,15)/t5-,6+/m1/s1. The number of imidazole rings is 1. The van der Waals surface area contributed by atoms with Crippen molar-refractivity contribution in [3.05, 3.63) is 11.5 Å². The van der Waals surface area contributed by atoms with Crippen LogP contribution in [0.5, 0.6) is 0 Å². The molecule has 0 saturated heterocycles. The van der Waals surface area contributed by atoms with Crippen LogP contribution < -0.4 is 5.73 Å². The molecule has 1 saturated carbocycles. The Morgan fingerprint density at radius 2 is 2.24 bits per heavy atom. The second-order valence-electron chi connectivity index (χ2n) is 4.32. The second-order valence-corrected chi connectivity index (χ2v) is 4.68. The van der Waals surface area contributed by atoms with E-state index >= 15 is 0 Å². The van der Waals surface area contributed by atoms with Crippen LogP contribution in [0.4, 0.5) is 5.95 Å². The van der Waals surface area contributed by atoms with Crippen LogP contribution in [0, 0.1) is 0 Å². The summed E-state index contributed by atoms with van der Waals surface area (Å²) in [6.07, 6.45) is 3.87. The van der Waals surface area contributed by atoms with Gasteiger partial charge >= 0.3 is 0 Å². The van der Waals surface area contributed by atoms with Gasteiger partial charge < -0.3 is 15.4 Å². The van der Waals surface area contributed by atoms with E-state index in [9.17, 15) is 5.11 Å². The average Bonchev–Trinajstić information content (AvgIpc) is 2.83. The van der Waals surface area contributed by atoms with Crippen molar-refractivity contribution in [2.45, 2.75) is 31.4 Å². The van der Waals surface area contributed by atoms with Gasteiger partial charge in [-0.05, 0) is 19.3 Å². The lowest BCUT2D eigenvalue weighted by Crippen LogP contribution is -2.07. The number of hydrogen-bond donors (Lipinski definition) is 2. The predicted octanol–water partition coefficient (Wildman–Crippen LogP) is 1.15. The van der Waals surface area contributed by atoms with Crippen LogP contribution in [-0.2, 0) is 0 Å². The first-order valence-corrected chi connectivity index (χ1v) is 5.86. The summed E-state index contributed by atoms with van der Waals surface area (Å²) in [5.74, 6) is 0.141. The van der Waals surface area contributed by atoms with Gasteiger partial charge in [-0.1, -0.05) is 11.6 Å². The maximum atomic E-state index is 9.56. The number of anilines is 1. The summed E-state index contributed by atoms with van der Waals surface area (Å²) >= 11 is 5.95. The Balaban J connectivity index is 2.11. The van der Waals surface area contributed by atoms with Crippen LogP contribution in [0.3, 0.4) is 0 Å². The molecule has 2 atom stereocenters. The topological polar surface area (TPSA) is 89.8 Å². The monoisotopic (exact) mass is 253 g/mol. The third kappa shape index (κ3) is 1.73. The van der Waals surface area contributed by atoms with Gasteiger partial charge in [-0.2, -0.15) is 9.97 Å². The SMILES string of the molecule is Nc1nc(Cl)c2ncn([C@@H]3CC[C@H](O)C3)c2n1. The minimum atomic E-state index is -0.243. The number of aliphatic hydroxyl groups is 1. The number of aliphatic hydroxyl groups excluding tert-OH is 1. The van der Waals surface area contributed by atoms with Gasteiger partial charge in [0.25, 0.3) is 0 Å². The third-order valence-electron chi connectivity index (χ3n) is 3.17. The summed E-state index contributed by atoms with van der Waals surface area (Å²) in [7, 11) is 0. The molecule has 2 aromatic heterocycles. The molecule has 90 valence electrons. The predicted molar refractivity (Wildman–Crippen MR) is 63.6 cm³/mol. The lowest BCUT2D eigenvalue weighted by atomic mass is 10.2. The molecule has 3 rings (SSSR count). The lowest BCUT2D eigenvalue weighted by Gasteiger charge is -2.11. The molecule has 1 aliphatic carbocycles. The average molecular weight is 254 g/mol. The Morgan fingerprint density at radius 1 is 1.41 bits per heavy atom. The van der Waals surface area contributed by atoms with Crippen molar-refractivity contribution >= 4 is 28.7 Å². The van der Waals surface area contributed by atoms with Gasteiger partial charge in [0, 0.05) is 6.04 Å². The first kappa shape index (κ1) is 10.7. The zero-order chi connectivity index (χ0) is 12.0. The van der Waals surface area contributed by atoms with Crippen molar-refractivity contribution in [3.8, 4) is 0 Å². The highest BCUT2D eigenvalue weighted by Crippen LogP contribution is 2.32. The number of rotatable bonds is 1. The van der Waals surface area contributed by atoms with Crippen molar-refractivity contribution in [1.29, 1.82) is 0 Å². The van der Waals surface area contributed by atoms with Gasteiger partial charge in [-0.15, -0.1) is 0 Å². The molecule has 1 fully saturated rings. The van der Waals surface area contributed by atoms with Crippen molar-refractivity contribution < 1.29 is 5.11 Å². The first-order valence-electron chi connectivity index (χ1n) is 5.49. The van der Waals surface area contributed by atoms with Crippen LogP contribution in [0.15, 0.2) is 6.33 Å². The molecule has 0 unspecified atom stereocenters. The number of aromatic nitrogens is 4. The molecule has 2 aromatic rings. The molecular weight excluding hydrogens is 242 g/mol. The van der Waals surface area contributed by atoms with Crippen LogP contribution in [-0.4, -0.2) is 30.7 Å². The van der Waals surface area contributed by atoms with Gasteiger partial charge in [-0.3, -0.25) is 0 Å². The van der Waals surface area contributed by atoms with Crippen LogP contribution in [0.2, 0.25) is 5.15 Å². The number of nitrogens with zero attached hydrogens (tertiary/aromatic N) is 4. The first-order chi connectivity index (χ1) is 8.15. The fraction of sp³-hybridized carbons (Fsp3) is 0.500. The van der Waals surface area contributed by atoms with E-state index in [0.29, 0.717) is 17.6 Å². The number of halogens is 1. The summed E-state index contributed by atoms with van der Waals surface area (Å²) in [6.45, 7) is 0. The van der Waals surface area contributed by atoms with Gasteiger partial charge in [-0.25, -0.2) is 4.98 Å². The van der Waals surface area contributed by atoms with Crippen LogP contribution >= 0.6 is 11.6 Å². The number of nitrogens with two attached hydrogens (primary N) is 1. The van der Waals surface area contributed by atoms with E-state index in [4.69, 9.17) is 17.3 Å². The normalized spacial score (nSPS) is 24.6. The molecule has 0 aliphatic heterocycles. The van der Waals surface area contributed by atoms with E-state index in [1.807, 2.05) is 4.57 Å². The molecule has 6 nitrogen and oxygen atoms in total. The van der Waals surface area contributed by atoms with Gasteiger partial charge in [0.05, 0.1) is 12.4 Å². The maximum absolute atomic E-state index is 9.56. The highest BCUT2D eigenvalue weighted by atomic mass is 35.5. The molecule has 3 N–H and O–H groups in total. The summed E-state index contributed by atoms with van der Waals surface area (Å²) in [6, 6.07) is 0.209. The Hall–Kier alpha value is -1.40. The van der Waals surface area contributed by atoms with E-state index in [1.165, 1.54) is 0 Å². The number of hydrogen-bond acceptors (Lipinski definition) is 5. The fourth-order valence-corrected chi connectivity index (χ4v) is 2.57. The highest BCUT2D eigenvalue weighted by molar-refractivity contribution is 6.33. The zero-order valence-corrected chi connectivity index (χ0v) is 9.80. The summed E-state index contributed by atoms with van der Waals surface area (Å²) in [4.78, 5) is 12.2. The Bertz CT molecular complexity index is 569. The van der Waals surface area contributed by atoms with E-state index in [1.54, 1.807) is 6.33 Å². The molecule has 7 heteroatoms. The van der Waals surface area contributed by atoms with E-state index in [-0.39, 0.29) is 23.2 Å². The largest absolute Gasteiger partial charge is 0.393 e. The van der Waals surface area contributed by atoms with E-state index in [2.05, 4.69) is 15.0 Å². The highest BCUT2D eigenvalue weighted by Gasteiger charge is 2.26. The lowest BCUT2D eigenvalue weighted by molar-refractivity contribution is 0.178. The van der Waals surface area contributed by atoms with E-state index < -0.39 is 0 Å². The smallest absolute Gasteiger partial charge is 0.223 e. The summed E-state index contributed by atoms with van der Waals surface area (Å²) in [5, 5.41) is 9.83. The fourth-order valence-electron chi connectivity index (χ4n) is 2.35. The van der Waals surface area contributed by atoms with Crippen molar-refractivity contribution in [2.75, 3.05) is 5.73 Å². The maximum Gasteiger partial charge on any atom is 0.223 e. The molecule has 0 aromatic carbocycles. The third-order valence-corrected chi connectivity index (χ3v) is 3.43. The molecule has 2 heterocycles.